The molecule has 1 amide bonds. The van der Waals surface area contributed by atoms with Crippen LogP contribution in [-0.4, -0.2) is 11.7 Å². The number of ketones is 1. The first-order valence-corrected chi connectivity index (χ1v) is 7.48. The molecular formula is C19H14FNO2. The van der Waals surface area contributed by atoms with Gasteiger partial charge in [0.2, 0.25) is 5.91 Å². The average molecular weight is 307 g/mol. The van der Waals surface area contributed by atoms with E-state index in [0.717, 1.165) is 5.56 Å². The minimum absolute atomic E-state index is 0.0770. The second-order valence-electron chi connectivity index (χ2n) is 5.99. The van der Waals surface area contributed by atoms with E-state index in [1.54, 1.807) is 17.0 Å². The number of benzene rings is 2. The summed E-state index contributed by atoms with van der Waals surface area (Å²) in [5.74, 6) is -0.663. The highest BCUT2D eigenvalue weighted by molar-refractivity contribution is 6.14. The van der Waals surface area contributed by atoms with Crippen LogP contribution < -0.4 is 4.90 Å². The largest absolute Gasteiger partial charge is 0.307 e. The molecular weight excluding hydrogens is 293 g/mol. The molecule has 2 aromatic carbocycles. The van der Waals surface area contributed by atoms with Crippen LogP contribution in [0.15, 0.2) is 60.7 Å². The van der Waals surface area contributed by atoms with Crippen LogP contribution in [-0.2, 0) is 21.5 Å². The van der Waals surface area contributed by atoms with Gasteiger partial charge < -0.3 is 4.90 Å². The van der Waals surface area contributed by atoms with Gasteiger partial charge in [0.1, 0.15) is 11.2 Å². The maximum atomic E-state index is 13.7. The standard InChI is InChI=1S/C19H14FNO2/c20-14-6-7-17-16(10-14)19(9-8-15(22)11-19)18(23)21(17)12-13-4-2-1-3-5-13/h1-10H,11-12H2/t19-/m1/s1. The fourth-order valence-electron chi connectivity index (χ4n) is 3.45. The minimum atomic E-state index is -1.04. The number of hydrogen-bond acceptors (Lipinski definition) is 2. The maximum Gasteiger partial charge on any atom is 0.242 e. The first kappa shape index (κ1) is 13.9. The Morgan fingerprint density at radius 2 is 1.87 bits per heavy atom. The molecule has 1 heterocycles. The van der Waals surface area contributed by atoms with Crippen LogP contribution in [0.1, 0.15) is 17.5 Å². The number of hydrogen-bond donors (Lipinski definition) is 0. The van der Waals surface area contributed by atoms with E-state index in [-0.39, 0.29) is 18.1 Å². The average Bonchev–Trinajstić information content (AvgIpc) is 3.04. The van der Waals surface area contributed by atoms with Crippen molar-refractivity contribution in [3.8, 4) is 0 Å². The molecule has 0 unspecified atom stereocenters. The van der Waals surface area contributed by atoms with E-state index >= 15 is 0 Å². The topological polar surface area (TPSA) is 37.4 Å². The molecule has 2 aliphatic rings. The summed E-state index contributed by atoms with van der Waals surface area (Å²) in [6.45, 7) is 0.405. The van der Waals surface area contributed by atoms with Gasteiger partial charge in [-0.3, -0.25) is 9.59 Å². The quantitative estimate of drug-likeness (QED) is 0.855. The Balaban J connectivity index is 1.82. The Morgan fingerprint density at radius 1 is 1.09 bits per heavy atom. The van der Waals surface area contributed by atoms with Gasteiger partial charge in [0.05, 0.1) is 6.54 Å². The molecule has 1 atom stereocenters. The minimum Gasteiger partial charge on any atom is -0.307 e. The molecule has 114 valence electrons. The van der Waals surface area contributed by atoms with E-state index in [2.05, 4.69) is 0 Å². The van der Waals surface area contributed by atoms with Gasteiger partial charge in [-0.2, -0.15) is 0 Å². The van der Waals surface area contributed by atoms with E-state index in [1.807, 2.05) is 30.3 Å². The zero-order chi connectivity index (χ0) is 16.0. The van der Waals surface area contributed by atoms with Crippen molar-refractivity contribution in [3.05, 3.63) is 77.6 Å². The van der Waals surface area contributed by atoms with E-state index in [1.165, 1.54) is 18.2 Å². The van der Waals surface area contributed by atoms with Crippen molar-refractivity contribution >= 4 is 17.4 Å². The zero-order valence-electron chi connectivity index (χ0n) is 12.3. The van der Waals surface area contributed by atoms with E-state index in [4.69, 9.17) is 0 Å². The molecule has 0 aromatic heterocycles. The van der Waals surface area contributed by atoms with Crippen molar-refractivity contribution in [2.24, 2.45) is 0 Å². The lowest BCUT2D eigenvalue weighted by Gasteiger charge is -2.21. The number of allylic oxidation sites excluding steroid dienone is 1. The van der Waals surface area contributed by atoms with Gasteiger partial charge >= 0.3 is 0 Å². The summed E-state index contributed by atoms with van der Waals surface area (Å²) in [4.78, 5) is 26.5. The lowest BCUT2D eigenvalue weighted by atomic mass is 9.81. The monoisotopic (exact) mass is 307 g/mol. The van der Waals surface area contributed by atoms with Crippen LogP contribution in [0, 0.1) is 5.82 Å². The predicted octanol–water partition coefficient (Wildman–Crippen LogP) is 3.14. The summed E-state index contributed by atoms with van der Waals surface area (Å²) in [5.41, 5.74) is 1.21. The van der Waals surface area contributed by atoms with Gasteiger partial charge in [-0.25, -0.2) is 4.39 Å². The molecule has 0 radical (unpaired) electrons. The molecule has 4 heteroatoms. The van der Waals surface area contributed by atoms with E-state index in [9.17, 15) is 14.0 Å². The van der Waals surface area contributed by atoms with Crippen LogP contribution in [0.2, 0.25) is 0 Å². The second kappa shape index (κ2) is 4.88. The van der Waals surface area contributed by atoms with Crippen LogP contribution in [0.3, 0.4) is 0 Å². The highest BCUT2D eigenvalue weighted by atomic mass is 19.1. The second-order valence-corrected chi connectivity index (χ2v) is 5.99. The number of fused-ring (bicyclic) bond motifs is 2. The molecule has 0 N–H and O–H groups in total. The summed E-state index contributed by atoms with van der Waals surface area (Å²) < 4.78 is 13.7. The molecule has 0 fully saturated rings. The summed E-state index contributed by atoms with van der Waals surface area (Å²) in [6.07, 6.45) is 3.13. The molecule has 1 spiro atoms. The molecule has 0 saturated heterocycles. The van der Waals surface area contributed by atoms with Crippen molar-refractivity contribution in [2.45, 2.75) is 18.4 Å². The molecule has 0 bridgehead atoms. The predicted molar refractivity (Wildman–Crippen MR) is 84.5 cm³/mol. The van der Waals surface area contributed by atoms with Crippen molar-refractivity contribution in [3.63, 3.8) is 0 Å². The fourth-order valence-corrected chi connectivity index (χ4v) is 3.45. The normalized spacial score (nSPS) is 22.2. The van der Waals surface area contributed by atoms with Crippen LogP contribution in [0.5, 0.6) is 0 Å². The number of amides is 1. The van der Waals surface area contributed by atoms with Crippen LogP contribution in [0.4, 0.5) is 10.1 Å². The third-order valence-electron chi connectivity index (χ3n) is 4.55. The summed E-state index contributed by atoms with van der Waals surface area (Å²) in [6, 6.07) is 14.0. The SMILES string of the molecule is O=C1C=C[C@]2(C1)C(=O)N(Cc1ccccc1)c1ccc(F)cc12. The van der Waals surface area contributed by atoms with E-state index < -0.39 is 11.2 Å². The zero-order valence-corrected chi connectivity index (χ0v) is 12.3. The smallest absolute Gasteiger partial charge is 0.242 e. The summed E-state index contributed by atoms with van der Waals surface area (Å²) in [5, 5.41) is 0. The molecule has 0 saturated carbocycles. The lowest BCUT2D eigenvalue weighted by Crippen LogP contribution is -2.38. The number of anilines is 1. The van der Waals surface area contributed by atoms with Crippen molar-refractivity contribution < 1.29 is 14.0 Å². The van der Waals surface area contributed by atoms with Crippen LogP contribution >= 0.6 is 0 Å². The fraction of sp³-hybridized carbons (Fsp3) is 0.158. The molecule has 3 nitrogen and oxygen atoms in total. The molecule has 1 aliphatic heterocycles. The van der Waals surface area contributed by atoms with Gasteiger partial charge in [-0.1, -0.05) is 36.4 Å². The number of rotatable bonds is 2. The molecule has 1 aliphatic carbocycles. The first-order chi connectivity index (χ1) is 11.1. The third-order valence-corrected chi connectivity index (χ3v) is 4.55. The molecule has 2 aromatic rings. The number of halogens is 1. The molecule has 4 rings (SSSR count). The maximum absolute atomic E-state index is 13.7. The Bertz CT molecular complexity index is 844. The third kappa shape index (κ3) is 2.02. The Hall–Kier alpha value is -2.75. The lowest BCUT2D eigenvalue weighted by molar-refractivity contribution is -0.124. The number of carbonyl (C=O) groups is 2. The van der Waals surface area contributed by atoms with E-state index in [0.29, 0.717) is 17.8 Å². The van der Waals surface area contributed by atoms with Crippen molar-refractivity contribution in [1.82, 2.24) is 0 Å². The van der Waals surface area contributed by atoms with Gasteiger partial charge in [-0.15, -0.1) is 0 Å². The van der Waals surface area contributed by atoms with Gasteiger partial charge in [0.25, 0.3) is 0 Å². The Kier molecular flexibility index (Phi) is 2.94. The number of carbonyl (C=O) groups excluding carboxylic acids is 2. The summed E-state index contributed by atoms with van der Waals surface area (Å²) in [7, 11) is 0. The highest BCUT2D eigenvalue weighted by Gasteiger charge is 2.52. The number of nitrogens with zero attached hydrogens (tertiary/aromatic N) is 1. The van der Waals surface area contributed by atoms with Gasteiger partial charge in [0.15, 0.2) is 5.78 Å². The van der Waals surface area contributed by atoms with Crippen LogP contribution in [0.25, 0.3) is 0 Å². The van der Waals surface area contributed by atoms with Crippen molar-refractivity contribution in [2.75, 3.05) is 4.90 Å². The Morgan fingerprint density at radius 3 is 2.57 bits per heavy atom. The van der Waals surface area contributed by atoms with Gasteiger partial charge in [0, 0.05) is 12.1 Å². The van der Waals surface area contributed by atoms with Crippen molar-refractivity contribution in [1.29, 1.82) is 0 Å². The Labute approximate surface area is 133 Å². The summed E-state index contributed by atoms with van der Waals surface area (Å²) >= 11 is 0. The van der Waals surface area contributed by atoms with Gasteiger partial charge in [-0.05, 0) is 35.4 Å². The highest BCUT2D eigenvalue weighted by Crippen LogP contribution is 2.48. The molecule has 23 heavy (non-hydrogen) atoms. The first-order valence-electron chi connectivity index (χ1n) is 7.48.